The first-order valence-corrected chi connectivity index (χ1v) is 20.0. The van der Waals surface area contributed by atoms with Gasteiger partial charge < -0.3 is 49.7 Å². The summed E-state index contributed by atoms with van der Waals surface area (Å²) in [6, 6.07) is 16.3. The van der Waals surface area contributed by atoms with Gasteiger partial charge in [0.15, 0.2) is 17.6 Å². The third-order valence-electron chi connectivity index (χ3n) is 12.6. The Morgan fingerprint density at radius 2 is 1.82 bits per heavy atom. The van der Waals surface area contributed by atoms with E-state index < -0.39 is 11.7 Å². The highest BCUT2D eigenvalue weighted by molar-refractivity contribution is 5.89. The van der Waals surface area contributed by atoms with Crippen LogP contribution in [0.4, 0.5) is 0 Å². The molecule has 3 heterocycles. The number of phenolic OH excluding ortho intramolecular Hbond substituents is 2. The van der Waals surface area contributed by atoms with E-state index in [1.807, 2.05) is 38.5 Å². The number of aromatic hydroxyl groups is 2. The molecular weight excluding hydrogens is 723 g/mol. The second-order valence-electron chi connectivity index (χ2n) is 15.9. The zero-order chi connectivity index (χ0) is 39.4. The van der Waals surface area contributed by atoms with Crippen molar-refractivity contribution in [1.82, 2.24) is 15.6 Å². The topological polar surface area (TPSA) is 158 Å². The van der Waals surface area contributed by atoms with Crippen LogP contribution in [0.25, 0.3) is 28.1 Å². The predicted octanol–water partition coefficient (Wildman–Crippen LogP) is 6.14. The lowest BCUT2D eigenvalue weighted by atomic mass is 9.64. The Bertz CT molecular complexity index is 2370. The monoisotopic (exact) mass is 773 g/mol. The van der Waals surface area contributed by atoms with Crippen molar-refractivity contribution in [1.29, 1.82) is 0 Å². The van der Waals surface area contributed by atoms with Gasteiger partial charge in [0, 0.05) is 59.5 Å². The maximum atomic E-state index is 11.3. The second-order valence-corrected chi connectivity index (χ2v) is 15.9. The number of rotatable bonds is 12. The third-order valence-corrected chi connectivity index (χ3v) is 12.6. The molecule has 4 aromatic carbocycles. The Morgan fingerprint density at radius 3 is 2.61 bits per heavy atom. The zero-order valence-corrected chi connectivity index (χ0v) is 32.7. The molecule has 5 atom stereocenters. The molecule has 0 amide bonds. The summed E-state index contributed by atoms with van der Waals surface area (Å²) >= 11 is 0. The minimum absolute atomic E-state index is 0.000430. The van der Waals surface area contributed by atoms with Gasteiger partial charge in [-0.2, -0.15) is 0 Å². The standard InChI is InChI=1S/C46H51N3O8/c1-47-23-46(55-24-48-2)21-36-35-20-34-30(25-6-12-37-26(17-25)14-15-49-37)9-10-31-38(52)13-11-32(40(31)34)41(35)44-33(8-7-29(22-51)56-44)43(36)57-45(46)28-18-27(5-4-16-50)42(53)39(19-28)54-3/h6,9-15,17-19,29-30,34,45,47-53H,4-5,7-8,16,20-24H2,1-3H3. The second kappa shape index (κ2) is 15.0. The molecular formula is C46H51N3O8. The van der Waals surface area contributed by atoms with E-state index in [1.165, 1.54) is 12.7 Å². The molecule has 4 aliphatic rings. The van der Waals surface area contributed by atoms with Crippen LogP contribution in [0.2, 0.25) is 0 Å². The van der Waals surface area contributed by atoms with Crippen molar-refractivity contribution in [2.75, 3.05) is 47.7 Å². The highest BCUT2D eigenvalue weighted by atomic mass is 16.6. The first kappa shape index (κ1) is 37.5. The number of fused-ring (bicyclic) bond motifs is 8. The maximum absolute atomic E-state index is 11.3. The highest BCUT2D eigenvalue weighted by Crippen LogP contribution is 2.60. The van der Waals surface area contributed by atoms with Crippen molar-refractivity contribution in [3.05, 3.63) is 105 Å². The molecule has 2 aliphatic heterocycles. The van der Waals surface area contributed by atoms with Crippen molar-refractivity contribution in [2.24, 2.45) is 0 Å². The van der Waals surface area contributed by atoms with E-state index in [0.29, 0.717) is 56.4 Å². The molecule has 0 saturated heterocycles. The molecule has 9 rings (SSSR count). The number of likely N-dealkylation sites (N-methyl/N-ethyl adjacent to an activating group) is 1. The number of hydrogen-bond donors (Lipinski definition) is 7. The van der Waals surface area contributed by atoms with Crippen LogP contribution >= 0.6 is 0 Å². The number of benzene rings is 4. The number of H-pyrrole nitrogens is 1. The predicted molar refractivity (Wildman–Crippen MR) is 219 cm³/mol. The fraction of sp³-hybridized carbons (Fsp3) is 0.391. The molecule has 2 aliphatic carbocycles. The Balaban J connectivity index is 1.27. The SMILES string of the molecule is CNCOC1(CNC)Cc2c3c(c4c(c2OC1c1cc(CCCO)c(O)c(OC)c1)CCC(CO)O4)-c1ccc(O)c2c1C(C3)C(c1ccc3[nH]ccc3c1)C=C2. The van der Waals surface area contributed by atoms with Gasteiger partial charge in [-0.25, -0.2) is 0 Å². The summed E-state index contributed by atoms with van der Waals surface area (Å²) in [7, 11) is 5.31. The van der Waals surface area contributed by atoms with Crippen molar-refractivity contribution < 1.29 is 39.4 Å². The number of aromatic nitrogens is 1. The lowest BCUT2D eigenvalue weighted by molar-refractivity contribution is -0.128. The molecule has 1 aromatic heterocycles. The molecule has 7 N–H and O–H groups in total. The zero-order valence-electron chi connectivity index (χ0n) is 32.7. The summed E-state index contributed by atoms with van der Waals surface area (Å²) in [6.45, 7) is 0.594. The number of aryl methyl sites for hydroxylation is 1. The Kier molecular flexibility index (Phi) is 9.90. The third kappa shape index (κ3) is 6.15. The summed E-state index contributed by atoms with van der Waals surface area (Å²) in [4.78, 5) is 3.32. The van der Waals surface area contributed by atoms with E-state index in [9.17, 15) is 20.4 Å². The molecule has 298 valence electrons. The number of aliphatic hydroxyl groups is 2. The van der Waals surface area contributed by atoms with Gasteiger partial charge in [-0.3, -0.25) is 5.32 Å². The van der Waals surface area contributed by atoms with Crippen LogP contribution in [0.1, 0.15) is 75.3 Å². The summed E-state index contributed by atoms with van der Waals surface area (Å²) < 4.78 is 26.8. The van der Waals surface area contributed by atoms with Crippen molar-refractivity contribution in [3.8, 4) is 39.9 Å². The molecule has 11 nitrogen and oxygen atoms in total. The van der Waals surface area contributed by atoms with Crippen molar-refractivity contribution >= 4 is 17.0 Å². The van der Waals surface area contributed by atoms with Crippen LogP contribution in [-0.2, 0) is 30.4 Å². The fourth-order valence-electron chi connectivity index (χ4n) is 10.0. The molecule has 5 unspecified atom stereocenters. The average molecular weight is 774 g/mol. The van der Waals surface area contributed by atoms with Crippen LogP contribution in [0.3, 0.4) is 0 Å². The lowest BCUT2D eigenvalue weighted by Crippen LogP contribution is -2.54. The van der Waals surface area contributed by atoms with E-state index in [0.717, 1.165) is 66.9 Å². The fourth-order valence-corrected chi connectivity index (χ4v) is 10.0. The first-order valence-electron chi connectivity index (χ1n) is 20.0. The van der Waals surface area contributed by atoms with Crippen molar-refractivity contribution in [3.63, 3.8) is 0 Å². The molecule has 0 radical (unpaired) electrons. The Labute approximate surface area is 332 Å². The van der Waals surface area contributed by atoms with Crippen LogP contribution in [0, 0.1) is 0 Å². The summed E-state index contributed by atoms with van der Waals surface area (Å²) in [5, 5.41) is 50.4. The van der Waals surface area contributed by atoms with Gasteiger partial charge in [-0.05, 0) is 127 Å². The quantitative estimate of drug-likeness (QED) is 0.0735. The van der Waals surface area contributed by atoms with E-state index >= 15 is 0 Å². The summed E-state index contributed by atoms with van der Waals surface area (Å²) in [5.41, 5.74) is 9.92. The molecule has 0 spiro atoms. The van der Waals surface area contributed by atoms with Crippen LogP contribution in [-0.4, -0.2) is 84.8 Å². The number of hydrogen-bond acceptors (Lipinski definition) is 10. The average Bonchev–Trinajstić information content (AvgIpc) is 3.71. The Morgan fingerprint density at radius 1 is 0.947 bits per heavy atom. The summed E-state index contributed by atoms with van der Waals surface area (Å²) in [5.74, 6) is 2.16. The minimum Gasteiger partial charge on any atom is -0.507 e. The number of methoxy groups -OCH3 is 1. The van der Waals surface area contributed by atoms with E-state index in [4.69, 9.17) is 18.9 Å². The molecule has 5 aromatic rings. The first-order chi connectivity index (χ1) is 27.8. The minimum atomic E-state index is -0.919. The maximum Gasteiger partial charge on any atom is 0.161 e. The van der Waals surface area contributed by atoms with Crippen LogP contribution < -0.4 is 24.8 Å². The normalized spacial score (nSPS) is 22.9. The number of allylic oxidation sites excluding steroid dienone is 1. The lowest BCUT2D eigenvalue weighted by Gasteiger charge is -2.48. The molecule has 0 bridgehead atoms. The van der Waals surface area contributed by atoms with E-state index in [1.54, 1.807) is 6.07 Å². The largest absolute Gasteiger partial charge is 0.507 e. The number of nitrogens with one attached hydrogen (secondary N) is 3. The molecule has 0 fully saturated rings. The van der Waals surface area contributed by atoms with Crippen LogP contribution in [0.5, 0.6) is 28.7 Å². The van der Waals surface area contributed by atoms with Gasteiger partial charge in [0.1, 0.15) is 29.0 Å². The molecule has 57 heavy (non-hydrogen) atoms. The highest BCUT2D eigenvalue weighted by Gasteiger charge is 2.51. The van der Waals surface area contributed by atoms with Gasteiger partial charge in [-0.15, -0.1) is 0 Å². The van der Waals surface area contributed by atoms with Gasteiger partial charge in [-0.1, -0.05) is 24.3 Å². The van der Waals surface area contributed by atoms with Gasteiger partial charge in [0.05, 0.1) is 20.4 Å². The summed E-state index contributed by atoms with van der Waals surface area (Å²) in [6.07, 6.45) is 8.64. The van der Waals surface area contributed by atoms with Crippen LogP contribution in [0.15, 0.2) is 60.8 Å². The van der Waals surface area contributed by atoms with Crippen molar-refractivity contribution in [2.45, 2.75) is 68.2 Å². The number of aromatic amines is 1. The Hall–Kier alpha value is -5.04. The molecule has 11 heteroatoms. The number of ether oxygens (including phenoxy) is 4. The number of aliphatic hydroxyl groups excluding tert-OH is 2. The van der Waals surface area contributed by atoms with Gasteiger partial charge >= 0.3 is 0 Å². The van der Waals surface area contributed by atoms with Gasteiger partial charge in [0.25, 0.3) is 0 Å². The van der Waals surface area contributed by atoms with Gasteiger partial charge in [0.2, 0.25) is 0 Å². The smallest absolute Gasteiger partial charge is 0.161 e. The van der Waals surface area contributed by atoms with E-state index in [2.05, 4.69) is 52.0 Å². The van der Waals surface area contributed by atoms with E-state index in [-0.39, 0.29) is 49.4 Å². The number of phenols is 2. The molecule has 0 saturated carbocycles.